The zero-order valence-electron chi connectivity index (χ0n) is 21.4. The van der Waals surface area contributed by atoms with Crippen molar-refractivity contribution in [2.45, 2.75) is 38.6 Å². The number of benzene rings is 2. The summed E-state index contributed by atoms with van der Waals surface area (Å²) in [6.07, 6.45) is 0.0447. The molecule has 3 aliphatic heterocycles. The largest absolute Gasteiger partial charge is 0.458 e. The summed E-state index contributed by atoms with van der Waals surface area (Å²) in [6, 6.07) is 12.0. The van der Waals surface area contributed by atoms with Crippen molar-refractivity contribution < 1.29 is 28.9 Å². The molecule has 3 aliphatic rings. The Morgan fingerprint density at radius 1 is 1.12 bits per heavy atom. The number of anilines is 1. The number of ether oxygens (including phenoxy) is 3. The van der Waals surface area contributed by atoms with E-state index in [2.05, 4.69) is 5.32 Å². The monoisotopic (exact) mass is 540 g/mol. The lowest BCUT2D eigenvalue weighted by Crippen LogP contribution is -2.44. The van der Waals surface area contributed by atoms with Crippen LogP contribution in [0.3, 0.4) is 0 Å². The number of esters is 1. The van der Waals surface area contributed by atoms with E-state index < -0.39 is 11.6 Å². The first-order valence-electron chi connectivity index (χ1n) is 12.8. The topological polar surface area (TPSA) is 155 Å². The molecule has 0 unspecified atom stereocenters. The number of nitrogens with one attached hydrogen (secondary N) is 1. The lowest BCUT2D eigenvalue weighted by Gasteiger charge is -2.31. The molecule has 0 saturated carbocycles. The summed E-state index contributed by atoms with van der Waals surface area (Å²) >= 11 is 0. The molecule has 1 amide bonds. The number of carbonyl (C=O) groups excluding carboxylic acids is 2. The van der Waals surface area contributed by atoms with E-state index >= 15 is 0 Å². The van der Waals surface area contributed by atoms with Crippen molar-refractivity contribution in [2.24, 2.45) is 0 Å². The molecule has 1 atom stereocenters. The van der Waals surface area contributed by atoms with E-state index in [0.717, 1.165) is 16.5 Å². The number of rotatable bonds is 4. The molecule has 5 heterocycles. The molecule has 0 spiro atoms. The van der Waals surface area contributed by atoms with Crippen LogP contribution >= 0.6 is 0 Å². The number of hydrogen-bond acceptors (Lipinski definition) is 9. The summed E-state index contributed by atoms with van der Waals surface area (Å²) in [4.78, 5) is 44.1. The number of cyclic esters (lactones) is 1. The third-order valence-electron chi connectivity index (χ3n) is 7.93. The van der Waals surface area contributed by atoms with E-state index in [9.17, 15) is 19.5 Å². The van der Waals surface area contributed by atoms with Crippen LogP contribution in [0, 0.1) is 0 Å². The van der Waals surface area contributed by atoms with Crippen molar-refractivity contribution in [1.82, 2.24) is 14.9 Å². The fourth-order valence-electron chi connectivity index (χ4n) is 5.72. The minimum atomic E-state index is -1.93. The fourth-order valence-corrected chi connectivity index (χ4v) is 5.72. The zero-order chi connectivity index (χ0) is 27.8. The molecule has 7 rings (SSSR count). The molecular weight excluding hydrogens is 516 g/mol. The Balaban J connectivity index is 1.40. The predicted octanol–water partition coefficient (Wildman–Crippen LogP) is 2.32. The first-order chi connectivity index (χ1) is 19.3. The van der Waals surface area contributed by atoms with Gasteiger partial charge in [-0.15, -0.1) is 0 Å². The van der Waals surface area contributed by atoms with Crippen molar-refractivity contribution in [3.63, 3.8) is 0 Å². The summed E-state index contributed by atoms with van der Waals surface area (Å²) in [6.45, 7) is 1.83. The van der Waals surface area contributed by atoms with E-state index in [0.29, 0.717) is 39.7 Å². The normalized spacial score (nSPS) is 18.2. The van der Waals surface area contributed by atoms with Gasteiger partial charge in [-0.05, 0) is 36.2 Å². The van der Waals surface area contributed by atoms with Crippen LogP contribution in [0.1, 0.15) is 46.0 Å². The molecule has 0 aliphatic carbocycles. The summed E-state index contributed by atoms with van der Waals surface area (Å²) in [7, 11) is 0. The number of pyridine rings is 2. The van der Waals surface area contributed by atoms with Crippen LogP contribution in [0.15, 0.2) is 47.3 Å². The maximum absolute atomic E-state index is 13.7. The minimum absolute atomic E-state index is 0.0447. The van der Waals surface area contributed by atoms with Gasteiger partial charge >= 0.3 is 5.97 Å². The highest BCUT2D eigenvalue weighted by Crippen LogP contribution is 2.43. The highest BCUT2D eigenvalue weighted by molar-refractivity contribution is 5.99. The Bertz CT molecular complexity index is 1850. The number of nitrogens with zero attached hydrogens (tertiary/aromatic N) is 2. The molecule has 11 heteroatoms. The molecule has 4 aromatic rings. The number of nitrogen functional groups attached to an aromatic ring is 1. The van der Waals surface area contributed by atoms with E-state index in [1.54, 1.807) is 47.9 Å². The number of carbonyl (C=O) groups is 2. The fraction of sp³-hybridized carbons (Fsp3) is 0.241. The van der Waals surface area contributed by atoms with Crippen LogP contribution in [-0.4, -0.2) is 33.3 Å². The molecule has 40 heavy (non-hydrogen) atoms. The third kappa shape index (κ3) is 3.34. The van der Waals surface area contributed by atoms with Crippen LogP contribution in [0.25, 0.3) is 22.3 Å². The summed E-state index contributed by atoms with van der Waals surface area (Å²) < 4.78 is 17.9. The van der Waals surface area contributed by atoms with Crippen molar-refractivity contribution in [3.8, 4) is 22.9 Å². The predicted molar refractivity (Wildman–Crippen MR) is 143 cm³/mol. The minimum Gasteiger partial charge on any atom is -0.458 e. The Morgan fingerprint density at radius 3 is 2.67 bits per heavy atom. The van der Waals surface area contributed by atoms with Crippen molar-refractivity contribution >= 4 is 28.5 Å². The van der Waals surface area contributed by atoms with Gasteiger partial charge in [-0.2, -0.15) is 0 Å². The highest BCUT2D eigenvalue weighted by atomic mass is 16.7. The summed E-state index contributed by atoms with van der Waals surface area (Å²) in [5.74, 6) is -0.0333. The Kier molecular flexibility index (Phi) is 5.17. The van der Waals surface area contributed by atoms with Gasteiger partial charge in [0.15, 0.2) is 17.1 Å². The summed E-state index contributed by atoms with van der Waals surface area (Å²) in [5, 5.41) is 14.9. The van der Waals surface area contributed by atoms with Gasteiger partial charge in [0.1, 0.15) is 6.61 Å². The Labute approximate surface area is 227 Å². The molecule has 0 saturated heterocycles. The molecule has 202 valence electrons. The smallest absolute Gasteiger partial charge is 0.343 e. The average Bonchev–Trinajstić information content (AvgIpc) is 3.57. The molecule has 0 bridgehead atoms. The summed E-state index contributed by atoms with van der Waals surface area (Å²) in [5.41, 5.74) is 7.96. The van der Waals surface area contributed by atoms with Crippen LogP contribution in [-0.2, 0) is 34.8 Å². The van der Waals surface area contributed by atoms with Crippen molar-refractivity contribution in [3.05, 3.63) is 80.6 Å². The number of aliphatic hydroxyl groups is 1. The van der Waals surface area contributed by atoms with Crippen molar-refractivity contribution in [1.29, 1.82) is 0 Å². The molecule has 11 nitrogen and oxygen atoms in total. The average molecular weight is 541 g/mol. The van der Waals surface area contributed by atoms with E-state index in [1.807, 2.05) is 6.07 Å². The van der Waals surface area contributed by atoms with Crippen LogP contribution in [0.2, 0.25) is 0 Å². The number of fused-ring (bicyclic) bond motifs is 6. The van der Waals surface area contributed by atoms with Gasteiger partial charge in [-0.3, -0.25) is 9.59 Å². The van der Waals surface area contributed by atoms with Crippen LogP contribution in [0.4, 0.5) is 5.69 Å². The number of hydrogen-bond donors (Lipinski definition) is 3. The standard InChI is InChI=1S/C29H24N4O7/c1-2-29(37)19-8-22-25-17(11-33(22)27(35)18(19)12-38-28(29)36)16(10-31-26(34)14-5-3-4-6-20(14)30)15-7-23-24(40-13-39-23)9-21(15)32-25/h3-9,37H,2,10-13,30H2,1H3,(H,31,34)/t29-/m0/s1. The first-order valence-corrected chi connectivity index (χ1v) is 12.8. The second kappa shape index (κ2) is 8.55. The number of para-hydroxylation sites is 1. The van der Waals surface area contributed by atoms with E-state index in [4.69, 9.17) is 24.9 Å². The SMILES string of the molecule is CC[C@@]1(O)C(=O)OCc2c1cc1n(c2=O)Cc2c-1nc1cc3c(cc1c2CNC(=O)c1ccccc1N)OCO3. The van der Waals surface area contributed by atoms with Gasteiger partial charge in [0.2, 0.25) is 6.79 Å². The maximum Gasteiger partial charge on any atom is 0.343 e. The van der Waals surface area contributed by atoms with Gasteiger partial charge in [-0.25, -0.2) is 9.78 Å². The third-order valence-corrected chi connectivity index (χ3v) is 7.93. The molecule has 2 aromatic carbocycles. The van der Waals surface area contributed by atoms with E-state index in [1.165, 1.54) is 0 Å². The quantitative estimate of drug-likeness (QED) is 0.230. The second-order valence-electron chi connectivity index (χ2n) is 10.0. The van der Waals surface area contributed by atoms with Crippen LogP contribution in [0.5, 0.6) is 11.5 Å². The number of aromatic nitrogens is 2. The highest BCUT2D eigenvalue weighted by Gasteiger charge is 2.45. The number of nitrogens with two attached hydrogens (primary N) is 1. The zero-order valence-corrected chi connectivity index (χ0v) is 21.4. The van der Waals surface area contributed by atoms with Gasteiger partial charge in [0.25, 0.3) is 11.5 Å². The van der Waals surface area contributed by atoms with Gasteiger partial charge in [-0.1, -0.05) is 19.1 Å². The lowest BCUT2D eigenvalue weighted by atomic mass is 9.86. The van der Waals surface area contributed by atoms with Gasteiger partial charge in [0.05, 0.1) is 34.6 Å². The Morgan fingerprint density at radius 2 is 1.90 bits per heavy atom. The van der Waals surface area contributed by atoms with Crippen LogP contribution < -0.4 is 26.1 Å². The molecule has 2 aromatic heterocycles. The lowest BCUT2D eigenvalue weighted by molar-refractivity contribution is -0.172. The Hall–Kier alpha value is -4.90. The molecule has 4 N–H and O–H groups in total. The molecule has 0 fully saturated rings. The number of amides is 1. The first kappa shape index (κ1) is 24.2. The van der Waals surface area contributed by atoms with Crippen molar-refractivity contribution in [2.75, 3.05) is 12.5 Å². The molecule has 0 radical (unpaired) electrons. The van der Waals surface area contributed by atoms with Gasteiger partial charge < -0.3 is 34.9 Å². The van der Waals surface area contributed by atoms with E-state index in [-0.39, 0.29) is 55.5 Å². The van der Waals surface area contributed by atoms with Gasteiger partial charge in [0, 0.05) is 34.8 Å². The second-order valence-corrected chi connectivity index (χ2v) is 10.0. The maximum atomic E-state index is 13.7. The molecular formula is C29H24N4O7.